The zero-order chi connectivity index (χ0) is 16.0. The highest BCUT2D eigenvalue weighted by atomic mass is 19.1. The molecule has 1 fully saturated rings. The van der Waals surface area contributed by atoms with Gasteiger partial charge in [0.2, 0.25) is 0 Å². The van der Waals surface area contributed by atoms with Gasteiger partial charge in [0.15, 0.2) is 0 Å². The van der Waals surface area contributed by atoms with E-state index in [2.05, 4.69) is 16.4 Å². The third kappa shape index (κ3) is 2.50. The largest absolute Gasteiger partial charge is 0.351 e. The molecule has 1 saturated carbocycles. The third-order valence-corrected chi connectivity index (χ3v) is 4.52. The van der Waals surface area contributed by atoms with Gasteiger partial charge in [0, 0.05) is 10.9 Å². The van der Waals surface area contributed by atoms with Crippen LogP contribution < -0.4 is 5.32 Å². The lowest BCUT2D eigenvalue weighted by Gasteiger charge is -2.17. The van der Waals surface area contributed by atoms with Crippen molar-refractivity contribution in [3.05, 3.63) is 71.2 Å². The Labute approximate surface area is 133 Å². The highest BCUT2D eigenvalue weighted by Crippen LogP contribution is 2.45. The Morgan fingerprint density at radius 3 is 2.57 bits per heavy atom. The number of hydrogen-bond acceptors (Lipinski definition) is 1. The molecule has 0 aliphatic heterocycles. The maximum absolute atomic E-state index is 13.1. The zero-order valence-corrected chi connectivity index (χ0v) is 12.8. The lowest BCUT2D eigenvalue weighted by molar-refractivity contribution is 0.0926. The molecule has 3 aromatic rings. The molecule has 2 N–H and O–H groups in total. The predicted octanol–water partition coefficient (Wildman–Crippen LogP) is 4.03. The SMILES string of the molecule is Cc1ccc2[nH]c(C(=O)NC3(c4ccc(F)cc4)CC3)cc2c1. The summed E-state index contributed by atoms with van der Waals surface area (Å²) in [6, 6.07) is 14.3. The highest BCUT2D eigenvalue weighted by Gasteiger charge is 2.45. The van der Waals surface area contributed by atoms with Gasteiger partial charge in [-0.05, 0) is 55.7 Å². The summed E-state index contributed by atoms with van der Waals surface area (Å²) < 4.78 is 13.1. The van der Waals surface area contributed by atoms with Crippen molar-refractivity contribution in [1.82, 2.24) is 10.3 Å². The van der Waals surface area contributed by atoms with Crippen LogP contribution in [0.5, 0.6) is 0 Å². The summed E-state index contributed by atoms with van der Waals surface area (Å²) in [7, 11) is 0. The topological polar surface area (TPSA) is 44.9 Å². The Morgan fingerprint density at radius 1 is 1.13 bits per heavy atom. The summed E-state index contributed by atoms with van der Waals surface area (Å²) in [6.07, 6.45) is 1.76. The average Bonchev–Trinajstić information content (AvgIpc) is 3.18. The molecule has 1 aliphatic rings. The fourth-order valence-electron chi connectivity index (χ4n) is 3.04. The quantitative estimate of drug-likeness (QED) is 0.754. The molecular weight excluding hydrogens is 291 g/mol. The molecule has 23 heavy (non-hydrogen) atoms. The van der Waals surface area contributed by atoms with Crippen LogP contribution in [-0.2, 0) is 5.54 Å². The first-order valence-corrected chi connectivity index (χ1v) is 7.74. The second kappa shape index (κ2) is 4.95. The molecule has 1 heterocycles. The molecule has 0 spiro atoms. The Hall–Kier alpha value is -2.62. The van der Waals surface area contributed by atoms with Crippen LogP contribution in [0.15, 0.2) is 48.5 Å². The summed E-state index contributed by atoms with van der Waals surface area (Å²) in [5.74, 6) is -0.387. The van der Waals surface area contributed by atoms with Crippen molar-refractivity contribution in [1.29, 1.82) is 0 Å². The van der Waals surface area contributed by atoms with Gasteiger partial charge in [0.1, 0.15) is 11.5 Å². The molecular formula is C19H17FN2O. The van der Waals surface area contributed by atoms with Crippen LogP contribution in [0.25, 0.3) is 10.9 Å². The number of amides is 1. The van der Waals surface area contributed by atoms with Crippen molar-refractivity contribution in [2.45, 2.75) is 25.3 Å². The molecule has 0 atom stereocenters. The van der Waals surface area contributed by atoms with Crippen LogP contribution in [-0.4, -0.2) is 10.9 Å². The number of aryl methyl sites for hydroxylation is 1. The van der Waals surface area contributed by atoms with Gasteiger partial charge in [-0.1, -0.05) is 23.8 Å². The first-order valence-electron chi connectivity index (χ1n) is 7.74. The standard InChI is InChI=1S/C19H17FN2O/c1-12-2-7-16-13(10-12)11-17(21-16)18(23)22-19(8-9-19)14-3-5-15(20)6-4-14/h2-7,10-11,21H,8-9H2,1H3,(H,22,23). The number of benzene rings is 2. The zero-order valence-electron chi connectivity index (χ0n) is 12.8. The number of rotatable bonds is 3. The molecule has 4 rings (SSSR count). The average molecular weight is 308 g/mol. The number of halogens is 1. The van der Waals surface area contributed by atoms with Gasteiger partial charge in [-0.2, -0.15) is 0 Å². The summed E-state index contributed by atoms with van der Waals surface area (Å²) in [4.78, 5) is 15.7. The summed E-state index contributed by atoms with van der Waals surface area (Å²) in [5.41, 5.74) is 3.27. The molecule has 0 bridgehead atoms. The number of aromatic amines is 1. The van der Waals surface area contributed by atoms with Crippen molar-refractivity contribution in [3.63, 3.8) is 0 Å². The van der Waals surface area contributed by atoms with Crippen LogP contribution in [0.3, 0.4) is 0 Å². The minimum Gasteiger partial charge on any atom is -0.351 e. The molecule has 1 aromatic heterocycles. The van der Waals surface area contributed by atoms with Gasteiger partial charge in [-0.3, -0.25) is 4.79 Å². The minimum atomic E-state index is -0.349. The van der Waals surface area contributed by atoms with E-state index in [4.69, 9.17) is 0 Å². The monoisotopic (exact) mass is 308 g/mol. The molecule has 0 radical (unpaired) electrons. The molecule has 2 aromatic carbocycles. The van der Waals surface area contributed by atoms with E-state index < -0.39 is 0 Å². The van der Waals surface area contributed by atoms with Gasteiger partial charge < -0.3 is 10.3 Å². The summed E-state index contributed by atoms with van der Waals surface area (Å²) in [5, 5.41) is 4.13. The van der Waals surface area contributed by atoms with E-state index >= 15 is 0 Å². The number of H-pyrrole nitrogens is 1. The van der Waals surface area contributed by atoms with Gasteiger partial charge in [0.25, 0.3) is 5.91 Å². The first kappa shape index (κ1) is 14.0. The third-order valence-electron chi connectivity index (χ3n) is 4.52. The number of hydrogen-bond donors (Lipinski definition) is 2. The Balaban J connectivity index is 1.60. The van der Waals surface area contributed by atoms with Crippen LogP contribution in [0.2, 0.25) is 0 Å². The van der Waals surface area contributed by atoms with E-state index in [1.54, 1.807) is 12.1 Å². The number of fused-ring (bicyclic) bond motifs is 1. The summed E-state index contributed by atoms with van der Waals surface area (Å²) >= 11 is 0. The predicted molar refractivity (Wildman–Crippen MR) is 87.8 cm³/mol. The first-order chi connectivity index (χ1) is 11.1. The van der Waals surface area contributed by atoms with Crippen LogP contribution in [0.4, 0.5) is 4.39 Å². The van der Waals surface area contributed by atoms with E-state index in [0.29, 0.717) is 5.69 Å². The second-order valence-corrected chi connectivity index (χ2v) is 6.32. The van der Waals surface area contributed by atoms with Gasteiger partial charge in [0.05, 0.1) is 5.54 Å². The van der Waals surface area contributed by atoms with Crippen LogP contribution >= 0.6 is 0 Å². The number of nitrogens with one attached hydrogen (secondary N) is 2. The number of carbonyl (C=O) groups is 1. The fraction of sp³-hybridized carbons (Fsp3) is 0.211. The van der Waals surface area contributed by atoms with Gasteiger partial charge in [-0.15, -0.1) is 0 Å². The highest BCUT2D eigenvalue weighted by molar-refractivity contribution is 5.98. The van der Waals surface area contributed by atoms with Crippen molar-refractivity contribution in [2.75, 3.05) is 0 Å². The fourth-order valence-corrected chi connectivity index (χ4v) is 3.04. The number of carbonyl (C=O) groups excluding carboxylic acids is 1. The Bertz CT molecular complexity index is 891. The molecule has 1 amide bonds. The minimum absolute atomic E-state index is 0.124. The van der Waals surface area contributed by atoms with Crippen molar-refractivity contribution >= 4 is 16.8 Å². The Kier molecular flexibility index (Phi) is 3.01. The number of aromatic nitrogens is 1. The molecule has 116 valence electrons. The van der Waals surface area contributed by atoms with Crippen LogP contribution in [0, 0.1) is 12.7 Å². The van der Waals surface area contributed by atoms with Crippen molar-refractivity contribution < 1.29 is 9.18 Å². The maximum atomic E-state index is 13.1. The van der Waals surface area contributed by atoms with Crippen molar-refractivity contribution in [3.8, 4) is 0 Å². The van der Waals surface area contributed by atoms with Crippen molar-refractivity contribution in [2.24, 2.45) is 0 Å². The molecule has 0 unspecified atom stereocenters. The second-order valence-electron chi connectivity index (χ2n) is 6.32. The van der Waals surface area contributed by atoms with E-state index in [1.165, 1.54) is 12.1 Å². The normalized spacial score (nSPS) is 15.6. The van der Waals surface area contributed by atoms with E-state index in [0.717, 1.165) is 34.9 Å². The van der Waals surface area contributed by atoms with Gasteiger partial charge >= 0.3 is 0 Å². The molecule has 1 aliphatic carbocycles. The van der Waals surface area contributed by atoms with E-state index in [1.807, 2.05) is 25.1 Å². The van der Waals surface area contributed by atoms with Crippen LogP contribution in [0.1, 0.15) is 34.5 Å². The maximum Gasteiger partial charge on any atom is 0.268 e. The summed E-state index contributed by atoms with van der Waals surface area (Å²) in [6.45, 7) is 2.03. The lowest BCUT2D eigenvalue weighted by Crippen LogP contribution is -2.35. The Morgan fingerprint density at radius 2 is 1.87 bits per heavy atom. The van der Waals surface area contributed by atoms with Gasteiger partial charge in [-0.25, -0.2) is 4.39 Å². The van der Waals surface area contributed by atoms with E-state index in [-0.39, 0.29) is 17.3 Å². The smallest absolute Gasteiger partial charge is 0.268 e. The van der Waals surface area contributed by atoms with E-state index in [9.17, 15) is 9.18 Å². The molecule has 4 heteroatoms. The molecule has 0 saturated heterocycles. The molecule has 3 nitrogen and oxygen atoms in total. The lowest BCUT2D eigenvalue weighted by atomic mass is 10.0.